The van der Waals surface area contributed by atoms with Gasteiger partial charge in [0, 0.05) is 23.2 Å². The number of amides is 2. The Morgan fingerprint density at radius 2 is 1.97 bits per heavy atom. The molecular formula is C20H17ClN2O5S. The molecule has 1 fully saturated rings. The summed E-state index contributed by atoms with van der Waals surface area (Å²) in [5.41, 5.74) is 1.37. The first-order chi connectivity index (χ1) is 14.0. The van der Waals surface area contributed by atoms with Crippen LogP contribution in [-0.4, -0.2) is 47.1 Å². The van der Waals surface area contributed by atoms with Crippen LogP contribution in [0.25, 0.3) is 0 Å². The number of rotatable bonds is 6. The van der Waals surface area contributed by atoms with Crippen LogP contribution in [0.15, 0.2) is 42.5 Å². The fourth-order valence-electron chi connectivity index (χ4n) is 3.10. The fourth-order valence-corrected chi connectivity index (χ4v) is 3.94. The van der Waals surface area contributed by atoms with Crippen LogP contribution in [0.5, 0.6) is 11.5 Å². The molecule has 9 heteroatoms. The molecule has 0 aliphatic carbocycles. The van der Waals surface area contributed by atoms with Gasteiger partial charge in [0.2, 0.25) is 5.12 Å². The Morgan fingerprint density at radius 3 is 2.69 bits per heavy atom. The van der Waals surface area contributed by atoms with E-state index in [4.69, 9.17) is 21.1 Å². The second kappa shape index (κ2) is 8.34. The summed E-state index contributed by atoms with van der Waals surface area (Å²) in [6.45, 7) is 0.833. The minimum Gasteiger partial charge on any atom is -0.492 e. The highest BCUT2D eigenvalue weighted by atomic mass is 35.5. The van der Waals surface area contributed by atoms with Gasteiger partial charge in [-0.3, -0.25) is 14.4 Å². The molecule has 7 nitrogen and oxygen atoms in total. The Kier molecular flexibility index (Phi) is 5.64. The van der Waals surface area contributed by atoms with Crippen LogP contribution in [0.3, 0.4) is 0 Å². The number of nitrogens with zero attached hydrogens (tertiary/aromatic N) is 1. The Bertz CT molecular complexity index is 966. The Hall–Kier alpha value is -2.71. The van der Waals surface area contributed by atoms with Gasteiger partial charge in [-0.25, -0.2) is 0 Å². The summed E-state index contributed by atoms with van der Waals surface area (Å²) < 4.78 is 11.3. The highest BCUT2D eigenvalue weighted by Crippen LogP contribution is 2.27. The topological polar surface area (TPSA) is 84.9 Å². The van der Waals surface area contributed by atoms with Crippen molar-refractivity contribution < 1.29 is 23.9 Å². The maximum atomic E-state index is 12.5. The minimum atomic E-state index is -0.485. The van der Waals surface area contributed by atoms with Crippen LogP contribution in [0.2, 0.25) is 5.02 Å². The van der Waals surface area contributed by atoms with Crippen LogP contribution in [0.4, 0.5) is 4.79 Å². The smallest absolute Gasteiger partial charge is 0.287 e. The molecule has 29 heavy (non-hydrogen) atoms. The lowest BCUT2D eigenvalue weighted by atomic mass is 10.1. The quantitative estimate of drug-likeness (QED) is 0.755. The summed E-state index contributed by atoms with van der Waals surface area (Å²) in [4.78, 5) is 37.0. The van der Waals surface area contributed by atoms with Crippen molar-refractivity contribution in [3.63, 3.8) is 0 Å². The first-order valence-electron chi connectivity index (χ1n) is 8.95. The number of carbonyl (C=O) groups is 3. The SMILES string of the molecule is O=C1NC(Cc2ccc(OCCN3COc4ccc(Cl)cc4C3=O)cc2)C(=O)S1. The first-order valence-corrected chi connectivity index (χ1v) is 10.1. The third-order valence-electron chi connectivity index (χ3n) is 4.60. The van der Waals surface area contributed by atoms with Gasteiger partial charge in [-0.05, 0) is 35.9 Å². The van der Waals surface area contributed by atoms with E-state index in [1.54, 1.807) is 35.2 Å². The summed E-state index contributed by atoms with van der Waals surface area (Å²) in [6, 6.07) is 11.8. The number of carbonyl (C=O) groups excluding carboxylic acids is 3. The van der Waals surface area contributed by atoms with Crippen LogP contribution in [0, 0.1) is 0 Å². The van der Waals surface area contributed by atoms with Crippen molar-refractivity contribution in [1.29, 1.82) is 0 Å². The van der Waals surface area contributed by atoms with Crippen molar-refractivity contribution in [2.75, 3.05) is 19.9 Å². The Labute approximate surface area is 176 Å². The van der Waals surface area contributed by atoms with Gasteiger partial charge < -0.3 is 19.7 Å². The third kappa shape index (κ3) is 4.49. The normalized spacial score (nSPS) is 18.3. The van der Waals surface area contributed by atoms with Crippen LogP contribution in [-0.2, 0) is 11.2 Å². The van der Waals surface area contributed by atoms with E-state index in [0.717, 1.165) is 5.56 Å². The van der Waals surface area contributed by atoms with Crippen molar-refractivity contribution in [2.45, 2.75) is 12.5 Å². The maximum Gasteiger partial charge on any atom is 0.287 e. The zero-order valence-corrected chi connectivity index (χ0v) is 16.8. The standard InChI is InChI=1S/C20H17ClN2O5S/c21-13-3-6-17-15(10-13)18(24)23(11-28-17)7-8-27-14-4-1-12(2-5-14)9-16-19(25)29-20(26)22-16/h1-6,10,16H,7-9,11H2,(H,22,26). The molecule has 2 amide bonds. The summed E-state index contributed by atoms with van der Waals surface area (Å²) in [5.74, 6) is 1.04. The van der Waals surface area contributed by atoms with E-state index in [-0.39, 0.29) is 23.0 Å². The van der Waals surface area contributed by atoms with Crippen LogP contribution < -0.4 is 14.8 Å². The number of halogens is 1. The molecule has 1 saturated heterocycles. The van der Waals surface area contributed by atoms with Gasteiger partial charge in [-0.15, -0.1) is 0 Å². The molecule has 0 radical (unpaired) electrons. The lowest BCUT2D eigenvalue weighted by Gasteiger charge is -2.28. The summed E-state index contributed by atoms with van der Waals surface area (Å²) >= 11 is 6.67. The van der Waals surface area contributed by atoms with Crippen LogP contribution >= 0.6 is 23.4 Å². The van der Waals surface area contributed by atoms with E-state index in [2.05, 4.69) is 5.32 Å². The number of benzene rings is 2. The molecule has 1 atom stereocenters. The number of ether oxygens (including phenoxy) is 2. The van der Waals surface area contributed by atoms with E-state index in [0.29, 0.717) is 53.4 Å². The van der Waals surface area contributed by atoms with E-state index in [1.807, 2.05) is 12.1 Å². The van der Waals surface area contributed by atoms with Gasteiger partial charge in [-0.2, -0.15) is 0 Å². The molecule has 2 heterocycles. The van der Waals surface area contributed by atoms with Crippen molar-refractivity contribution in [1.82, 2.24) is 10.2 Å². The fraction of sp³-hybridized carbons (Fsp3) is 0.250. The largest absolute Gasteiger partial charge is 0.492 e. The van der Waals surface area contributed by atoms with E-state index in [9.17, 15) is 14.4 Å². The molecule has 0 aromatic heterocycles. The molecule has 2 aromatic carbocycles. The van der Waals surface area contributed by atoms with Gasteiger partial charge in [0.25, 0.3) is 11.1 Å². The van der Waals surface area contributed by atoms with Gasteiger partial charge in [0.05, 0.1) is 12.1 Å². The maximum absolute atomic E-state index is 12.5. The number of hydrogen-bond donors (Lipinski definition) is 1. The second-order valence-corrected chi connectivity index (χ2v) is 8.00. The second-order valence-electron chi connectivity index (χ2n) is 6.58. The van der Waals surface area contributed by atoms with Crippen molar-refractivity contribution in [3.05, 3.63) is 58.6 Å². The molecule has 0 bridgehead atoms. The summed E-state index contributed by atoms with van der Waals surface area (Å²) in [6.07, 6.45) is 0.444. The lowest BCUT2D eigenvalue weighted by molar-refractivity contribution is -0.112. The molecule has 1 N–H and O–H groups in total. The lowest BCUT2D eigenvalue weighted by Crippen LogP contribution is -2.41. The molecule has 4 rings (SSSR count). The highest BCUT2D eigenvalue weighted by molar-refractivity contribution is 8.26. The molecular weight excluding hydrogens is 416 g/mol. The van der Waals surface area contributed by atoms with Crippen molar-refractivity contribution in [2.24, 2.45) is 0 Å². The molecule has 0 saturated carbocycles. The van der Waals surface area contributed by atoms with Gasteiger partial charge in [0.15, 0.2) is 6.73 Å². The summed E-state index contributed by atoms with van der Waals surface area (Å²) in [7, 11) is 0. The number of hydrogen-bond acceptors (Lipinski definition) is 6. The number of fused-ring (bicyclic) bond motifs is 1. The third-order valence-corrected chi connectivity index (χ3v) is 5.62. The van der Waals surface area contributed by atoms with E-state index in [1.165, 1.54) is 0 Å². The average molecular weight is 433 g/mol. The summed E-state index contributed by atoms with van der Waals surface area (Å²) in [5, 5.41) is 2.66. The predicted molar refractivity (Wildman–Crippen MR) is 109 cm³/mol. The zero-order valence-electron chi connectivity index (χ0n) is 15.2. The van der Waals surface area contributed by atoms with Gasteiger partial charge in [-0.1, -0.05) is 23.7 Å². The molecule has 2 aromatic rings. The number of thioether (sulfide) groups is 1. The highest BCUT2D eigenvalue weighted by Gasteiger charge is 2.31. The first kappa shape index (κ1) is 19.6. The molecule has 2 aliphatic heterocycles. The van der Waals surface area contributed by atoms with Crippen molar-refractivity contribution in [3.8, 4) is 11.5 Å². The monoisotopic (exact) mass is 432 g/mol. The van der Waals surface area contributed by atoms with Crippen LogP contribution in [0.1, 0.15) is 15.9 Å². The minimum absolute atomic E-state index is 0.145. The van der Waals surface area contributed by atoms with Gasteiger partial charge in [0.1, 0.15) is 24.1 Å². The molecule has 0 spiro atoms. The predicted octanol–water partition coefficient (Wildman–Crippen LogP) is 3.11. The average Bonchev–Trinajstić information content (AvgIpc) is 3.02. The van der Waals surface area contributed by atoms with Gasteiger partial charge >= 0.3 is 0 Å². The Balaban J connectivity index is 1.28. The molecule has 1 unspecified atom stereocenters. The molecule has 2 aliphatic rings. The number of nitrogens with one attached hydrogen (secondary N) is 1. The van der Waals surface area contributed by atoms with Crippen molar-refractivity contribution >= 4 is 39.6 Å². The van der Waals surface area contributed by atoms with E-state index >= 15 is 0 Å². The van der Waals surface area contributed by atoms with E-state index < -0.39 is 6.04 Å². The Morgan fingerprint density at radius 1 is 1.17 bits per heavy atom. The molecule has 150 valence electrons. The zero-order chi connectivity index (χ0) is 20.4.